The number of benzene rings is 1. The molecule has 1 aromatic heterocycles. The lowest BCUT2D eigenvalue weighted by atomic mass is 10.0. The lowest BCUT2D eigenvalue weighted by molar-refractivity contribution is -0.117. The number of terminal acetylenes is 1. The molecule has 0 saturated carbocycles. The van der Waals surface area contributed by atoms with Gasteiger partial charge in [0, 0.05) is 25.5 Å². The maximum atomic E-state index is 13.5. The average Bonchev–Trinajstić information content (AvgIpc) is 3.03. The summed E-state index contributed by atoms with van der Waals surface area (Å²) < 4.78 is 19.9. The van der Waals surface area contributed by atoms with E-state index in [9.17, 15) is 18.8 Å². The van der Waals surface area contributed by atoms with E-state index in [0.29, 0.717) is 11.3 Å². The Kier molecular flexibility index (Phi) is 10.00. The second-order valence-electron chi connectivity index (χ2n) is 6.73. The van der Waals surface area contributed by atoms with Crippen LogP contribution in [-0.2, 0) is 16.6 Å². The molecular formula is C24H27FN4O4. The fourth-order valence-corrected chi connectivity index (χ4v) is 3.15. The first-order valence-electron chi connectivity index (χ1n) is 10.1. The normalized spacial score (nSPS) is 10.7. The highest BCUT2D eigenvalue weighted by molar-refractivity contribution is 6.43. The van der Waals surface area contributed by atoms with Crippen molar-refractivity contribution in [3.63, 3.8) is 0 Å². The molecule has 2 N–H and O–H groups in total. The molecule has 2 rings (SSSR count). The molecule has 9 heteroatoms. The smallest absolute Gasteiger partial charge is 0.293 e. The Morgan fingerprint density at radius 3 is 2.45 bits per heavy atom. The predicted molar refractivity (Wildman–Crippen MR) is 122 cm³/mol. The zero-order valence-corrected chi connectivity index (χ0v) is 19.5. The number of methoxy groups -OCH3 is 1. The molecule has 2 amide bonds. The molecule has 0 radical (unpaired) electrons. The highest BCUT2D eigenvalue weighted by Gasteiger charge is 2.29. The number of rotatable bonds is 7. The predicted octanol–water partition coefficient (Wildman–Crippen LogP) is 2.88. The van der Waals surface area contributed by atoms with Crippen molar-refractivity contribution >= 4 is 23.3 Å². The maximum absolute atomic E-state index is 13.5. The van der Waals surface area contributed by atoms with E-state index < -0.39 is 29.5 Å². The third-order valence-corrected chi connectivity index (χ3v) is 4.76. The molecule has 0 spiro atoms. The van der Waals surface area contributed by atoms with Crippen molar-refractivity contribution in [1.82, 2.24) is 9.88 Å². The third-order valence-electron chi connectivity index (χ3n) is 4.76. The Morgan fingerprint density at radius 2 is 1.91 bits per heavy atom. The van der Waals surface area contributed by atoms with E-state index in [0.717, 1.165) is 6.07 Å². The van der Waals surface area contributed by atoms with Gasteiger partial charge in [0.1, 0.15) is 23.6 Å². The molecule has 33 heavy (non-hydrogen) atoms. The van der Waals surface area contributed by atoms with E-state index in [-0.39, 0.29) is 29.1 Å². The van der Waals surface area contributed by atoms with Crippen molar-refractivity contribution in [2.75, 3.05) is 19.0 Å². The van der Waals surface area contributed by atoms with Crippen molar-refractivity contribution in [3.05, 3.63) is 52.1 Å². The molecule has 1 heterocycles. The SMILES string of the molecule is C#C[C@H](COC)NC(=O)C(=O)c1c(C)c(C(=O)Nc2ccc(F)c(C#N)c2)n(C)c1C.CC. The van der Waals surface area contributed by atoms with Gasteiger partial charge in [0.2, 0.25) is 0 Å². The molecule has 1 aromatic carbocycles. The number of hydrogen-bond donors (Lipinski definition) is 2. The lowest BCUT2D eigenvalue weighted by Gasteiger charge is -2.11. The van der Waals surface area contributed by atoms with Crippen molar-refractivity contribution in [1.29, 1.82) is 5.26 Å². The minimum atomic E-state index is -0.916. The second-order valence-corrected chi connectivity index (χ2v) is 6.73. The maximum Gasteiger partial charge on any atom is 0.293 e. The first kappa shape index (κ1) is 27.1. The summed E-state index contributed by atoms with van der Waals surface area (Å²) in [7, 11) is 2.99. The number of ketones is 1. The summed E-state index contributed by atoms with van der Waals surface area (Å²) in [6.45, 7) is 7.18. The third kappa shape index (κ3) is 6.06. The van der Waals surface area contributed by atoms with Crippen LogP contribution in [0.15, 0.2) is 18.2 Å². The van der Waals surface area contributed by atoms with Gasteiger partial charge in [-0.1, -0.05) is 19.8 Å². The molecule has 0 bridgehead atoms. The summed E-state index contributed by atoms with van der Waals surface area (Å²) in [4.78, 5) is 38.0. The van der Waals surface area contributed by atoms with Gasteiger partial charge >= 0.3 is 0 Å². The van der Waals surface area contributed by atoms with Crippen LogP contribution in [0.3, 0.4) is 0 Å². The van der Waals surface area contributed by atoms with Crippen molar-refractivity contribution in [2.45, 2.75) is 33.7 Å². The molecule has 0 aliphatic rings. The van der Waals surface area contributed by atoms with Crippen LogP contribution in [0.5, 0.6) is 0 Å². The fourth-order valence-electron chi connectivity index (χ4n) is 3.15. The Labute approximate surface area is 192 Å². The summed E-state index contributed by atoms with van der Waals surface area (Å²) >= 11 is 0. The standard InChI is InChI=1S/C22H21FN4O4.C2H6/c1-6-15(11-31-5)25-22(30)20(28)18-12(2)19(27(4)13(18)3)21(29)26-16-7-8-17(23)14(9-16)10-24;1-2/h1,7-9,15H,11H2,2-5H3,(H,25,30)(H,26,29);1-2H3/t15-;/m1./s1. The molecular weight excluding hydrogens is 427 g/mol. The van der Waals surface area contributed by atoms with Gasteiger partial charge in [-0.2, -0.15) is 5.26 Å². The van der Waals surface area contributed by atoms with Gasteiger partial charge in [0.25, 0.3) is 17.6 Å². The second kappa shape index (κ2) is 12.2. The zero-order valence-electron chi connectivity index (χ0n) is 19.5. The number of carbonyl (C=O) groups excluding carboxylic acids is 3. The van der Waals surface area contributed by atoms with Gasteiger partial charge in [-0.05, 0) is 37.6 Å². The van der Waals surface area contributed by atoms with E-state index in [1.165, 1.54) is 23.8 Å². The summed E-state index contributed by atoms with van der Waals surface area (Å²) in [5.41, 5.74) is 0.914. The largest absolute Gasteiger partial charge is 0.382 e. The number of amides is 2. The number of nitriles is 1. The van der Waals surface area contributed by atoms with E-state index >= 15 is 0 Å². The van der Waals surface area contributed by atoms with Crippen molar-refractivity contribution < 1.29 is 23.5 Å². The van der Waals surface area contributed by atoms with Crippen LogP contribution in [-0.4, -0.2) is 41.9 Å². The number of nitrogens with one attached hydrogen (secondary N) is 2. The Hall–Kier alpha value is -3.95. The molecule has 0 aliphatic carbocycles. The van der Waals surface area contributed by atoms with E-state index in [4.69, 9.17) is 16.4 Å². The van der Waals surface area contributed by atoms with Crippen LogP contribution in [0.4, 0.5) is 10.1 Å². The van der Waals surface area contributed by atoms with Crippen LogP contribution in [0.2, 0.25) is 0 Å². The lowest BCUT2D eigenvalue weighted by Crippen LogP contribution is -2.41. The number of anilines is 1. The number of hydrogen-bond acceptors (Lipinski definition) is 5. The quantitative estimate of drug-likeness (QED) is 0.379. The van der Waals surface area contributed by atoms with Crippen LogP contribution in [0.1, 0.15) is 51.5 Å². The van der Waals surface area contributed by atoms with E-state index in [1.807, 2.05) is 13.8 Å². The highest BCUT2D eigenvalue weighted by Crippen LogP contribution is 2.23. The number of halogens is 1. The number of aromatic nitrogens is 1. The summed E-state index contributed by atoms with van der Waals surface area (Å²) in [5, 5.41) is 13.9. The molecule has 0 aliphatic heterocycles. The molecule has 0 unspecified atom stereocenters. The Balaban J connectivity index is 0.00000265. The summed E-state index contributed by atoms with van der Waals surface area (Å²) in [6, 6.07) is 4.51. The molecule has 8 nitrogen and oxygen atoms in total. The van der Waals surface area contributed by atoms with E-state index in [1.54, 1.807) is 27.0 Å². The van der Waals surface area contributed by atoms with Gasteiger partial charge in [-0.25, -0.2) is 4.39 Å². The highest BCUT2D eigenvalue weighted by atomic mass is 19.1. The molecule has 174 valence electrons. The van der Waals surface area contributed by atoms with Crippen LogP contribution >= 0.6 is 0 Å². The monoisotopic (exact) mass is 454 g/mol. The van der Waals surface area contributed by atoms with Crippen LogP contribution in [0, 0.1) is 43.3 Å². The number of Topliss-reactive ketones (excluding diaryl/α,β-unsaturated/α-hetero) is 1. The van der Waals surface area contributed by atoms with Crippen molar-refractivity contribution in [2.24, 2.45) is 7.05 Å². The van der Waals surface area contributed by atoms with Crippen molar-refractivity contribution in [3.8, 4) is 18.4 Å². The number of ether oxygens (including phenoxy) is 1. The van der Waals surface area contributed by atoms with Crippen LogP contribution < -0.4 is 10.6 Å². The molecule has 0 saturated heterocycles. The van der Waals surface area contributed by atoms with Gasteiger partial charge in [-0.3, -0.25) is 14.4 Å². The summed E-state index contributed by atoms with van der Waals surface area (Å²) in [5.74, 6) is -0.726. The van der Waals surface area contributed by atoms with E-state index in [2.05, 4.69) is 16.6 Å². The van der Waals surface area contributed by atoms with Crippen LogP contribution in [0.25, 0.3) is 0 Å². The fraction of sp³-hybridized carbons (Fsp3) is 0.333. The molecule has 0 fully saturated rings. The summed E-state index contributed by atoms with van der Waals surface area (Å²) in [6.07, 6.45) is 5.32. The zero-order chi connectivity index (χ0) is 25.3. The first-order chi connectivity index (χ1) is 15.7. The van der Waals surface area contributed by atoms with Gasteiger partial charge in [-0.15, -0.1) is 6.42 Å². The first-order valence-corrected chi connectivity index (χ1v) is 10.1. The molecule has 2 aromatic rings. The minimum Gasteiger partial charge on any atom is -0.382 e. The number of carbonyl (C=O) groups is 3. The molecule has 1 atom stereocenters. The van der Waals surface area contributed by atoms with Gasteiger partial charge < -0.3 is 19.9 Å². The van der Waals surface area contributed by atoms with Gasteiger partial charge in [0.15, 0.2) is 0 Å². The Bertz CT molecular complexity index is 1140. The van der Waals surface area contributed by atoms with Gasteiger partial charge in [0.05, 0.1) is 17.7 Å². The Morgan fingerprint density at radius 1 is 1.27 bits per heavy atom. The average molecular weight is 455 g/mol. The number of nitrogens with zero attached hydrogens (tertiary/aromatic N) is 2. The minimum absolute atomic E-state index is 0.0400. The topological polar surface area (TPSA) is 113 Å².